The minimum atomic E-state index is -4.37. The van der Waals surface area contributed by atoms with E-state index in [9.17, 15) is 50.7 Å². The fourth-order valence-corrected chi connectivity index (χ4v) is 11.7. The van der Waals surface area contributed by atoms with Crippen LogP contribution in [0.25, 0.3) is 11.1 Å². The van der Waals surface area contributed by atoms with E-state index in [0.29, 0.717) is 41.4 Å². The number of aliphatic hydroxyl groups excluding tert-OH is 1. The van der Waals surface area contributed by atoms with E-state index < -0.39 is 97.7 Å². The molecule has 0 fully saturated rings. The van der Waals surface area contributed by atoms with Gasteiger partial charge in [0.05, 0.1) is 34.9 Å². The summed E-state index contributed by atoms with van der Waals surface area (Å²) < 4.78 is 80.0. The van der Waals surface area contributed by atoms with Crippen molar-refractivity contribution in [3.05, 3.63) is 102 Å². The van der Waals surface area contributed by atoms with Gasteiger partial charge in [0, 0.05) is 87.5 Å². The van der Waals surface area contributed by atoms with Crippen LogP contribution in [0.2, 0.25) is 0 Å². The van der Waals surface area contributed by atoms with E-state index in [-0.39, 0.29) is 80.0 Å². The van der Waals surface area contributed by atoms with Crippen molar-refractivity contribution in [3.63, 3.8) is 0 Å². The predicted molar refractivity (Wildman–Crippen MR) is 338 cm³/mol. The number of aliphatic hydroxyl groups is 1. The van der Waals surface area contributed by atoms with Crippen molar-refractivity contribution >= 4 is 73.6 Å². The molecule has 488 valence electrons. The summed E-state index contributed by atoms with van der Waals surface area (Å²) in [6.07, 6.45) is 9.39. The van der Waals surface area contributed by atoms with Crippen LogP contribution in [0, 0.1) is 17.2 Å². The van der Waals surface area contributed by atoms with Gasteiger partial charge in [0.25, 0.3) is 5.91 Å². The monoisotopic (exact) mass is 1280 g/mol. The number of nitrogens with one attached hydrogen (secondary N) is 8. The van der Waals surface area contributed by atoms with Crippen LogP contribution in [0.5, 0.6) is 0 Å². The first-order valence-corrected chi connectivity index (χ1v) is 33.0. The Labute approximate surface area is 523 Å². The topological polar surface area (TPSA) is 348 Å². The first-order valence-electron chi connectivity index (χ1n) is 30.0. The number of aliphatic imine (C=N–C) groups is 1. The molecular weight excluding hydrogens is 1190 g/mol. The summed E-state index contributed by atoms with van der Waals surface area (Å²) in [4.78, 5) is 82.3. The van der Waals surface area contributed by atoms with Crippen LogP contribution in [0.3, 0.4) is 0 Å². The Hall–Kier alpha value is -7.52. The van der Waals surface area contributed by atoms with Crippen LogP contribution in [0.1, 0.15) is 135 Å². The van der Waals surface area contributed by atoms with E-state index in [1.165, 1.54) is 54.6 Å². The Morgan fingerprint density at radius 2 is 1.39 bits per heavy atom. The maximum Gasteiger partial charge on any atom is 0.407 e. The molecule has 0 bridgehead atoms. The van der Waals surface area contributed by atoms with Gasteiger partial charge in [-0.2, -0.15) is 4.72 Å². The molecule has 2 aliphatic rings. The third kappa shape index (κ3) is 25.5. The van der Waals surface area contributed by atoms with Crippen molar-refractivity contribution < 1.29 is 69.7 Å². The number of carbonyl (C=O) groups is 6. The van der Waals surface area contributed by atoms with Gasteiger partial charge in [0.2, 0.25) is 26.0 Å². The van der Waals surface area contributed by atoms with Gasteiger partial charge in [-0.25, -0.2) is 26.4 Å². The summed E-state index contributed by atoms with van der Waals surface area (Å²) in [6.45, 7) is 13.6. The molecular formula is C63H89N9O15S2. The normalized spacial score (nSPS) is 15.8. The van der Waals surface area contributed by atoms with E-state index in [4.69, 9.17) is 24.4 Å². The largest absolute Gasteiger partial charge is 0.468 e. The molecule has 26 heteroatoms. The summed E-state index contributed by atoms with van der Waals surface area (Å²) in [5.41, 5.74) is 1.62. The average Bonchev–Trinajstić information content (AvgIpc) is 1.84. The van der Waals surface area contributed by atoms with Crippen LogP contribution in [-0.2, 0) is 58.2 Å². The SMILES string of the molecule is COC(=O)[C@H](CNC(=O)c1ccc(NCCNC2=NCCCC2)c(C=N)c1)NS(=O)(=O)c1ccc(-c2ccc(S(=O)(=O)NCCNC(=O)[C@@H](CCCC(O)[C@H](CCC(=O)OC(C)(C)C)NC(=O)OCC3=CCC(C)C=C3)CCC(=O)OC(C)(C)C)cc2)cc1. The first-order chi connectivity index (χ1) is 42.0. The number of rotatable bonds is 33. The number of esters is 3. The van der Waals surface area contributed by atoms with E-state index in [0.717, 1.165) is 57.0 Å². The van der Waals surface area contributed by atoms with Crippen molar-refractivity contribution in [2.45, 2.75) is 158 Å². The molecule has 0 saturated heterocycles. The van der Waals surface area contributed by atoms with Crippen LogP contribution in [0.15, 0.2) is 105 Å². The fraction of sp³-hybridized carbons (Fsp3) is 0.524. The Morgan fingerprint density at radius 1 is 0.764 bits per heavy atom. The lowest BCUT2D eigenvalue weighted by Gasteiger charge is -2.26. The second-order valence-corrected chi connectivity index (χ2v) is 27.3. The van der Waals surface area contributed by atoms with Crippen LogP contribution in [0.4, 0.5) is 10.5 Å². The number of anilines is 1. The van der Waals surface area contributed by atoms with Crippen LogP contribution in [-0.4, -0.2) is 152 Å². The molecule has 1 aliphatic heterocycles. The molecule has 9 N–H and O–H groups in total. The van der Waals surface area contributed by atoms with Gasteiger partial charge >= 0.3 is 24.0 Å². The number of amidine groups is 1. The zero-order chi connectivity index (χ0) is 65.4. The highest BCUT2D eigenvalue weighted by molar-refractivity contribution is 7.89. The highest BCUT2D eigenvalue weighted by Crippen LogP contribution is 2.25. The lowest BCUT2D eigenvalue weighted by Crippen LogP contribution is -2.48. The van der Waals surface area contributed by atoms with Crippen LogP contribution >= 0.6 is 0 Å². The van der Waals surface area contributed by atoms with Crippen molar-refractivity contribution in [2.75, 3.05) is 58.3 Å². The zero-order valence-electron chi connectivity index (χ0n) is 52.2. The number of sulfonamides is 2. The quantitative estimate of drug-likeness (QED) is 0.0134. The molecule has 89 heavy (non-hydrogen) atoms. The third-order valence-electron chi connectivity index (χ3n) is 14.1. The van der Waals surface area contributed by atoms with Gasteiger partial charge in [-0.1, -0.05) is 55.8 Å². The number of carbonyl (C=O) groups excluding carboxylic acids is 6. The molecule has 1 heterocycles. The maximum absolute atomic E-state index is 13.7. The highest BCUT2D eigenvalue weighted by atomic mass is 32.2. The molecule has 3 aromatic carbocycles. The van der Waals surface area contributed by atoms with Crippen molar-refractivity contribution in [1.82, 2.24) is 30.7 Å². The number of amides is 3. The number of alkyl carbamates (subject to hydrolysis) is 1. The number of benzene rings is 3. The molecule has 3 amide bonds. The number of methoxy groups -OCH3 is 1. The zero-order valence-corrected chi connectivity index (χ0v) is 53.8. The van der Waals surface area contributed by atoms with E-state index in [2.05, 4.69) is 47.9 Å². The van der Waals surface area contributed by atoms with Gasteiger partial charge in [-0.3, -0.25) is 29.0 Å². The Balaban J connectivity index is 1.13. The molecule has 0 spiro atoms. The van der Waals surface area contributed by atoms with Gasteiger partial charge in [-0.05, 0) is 152 Å². The summed E-state index contributed by atoms with van der Waals surface area (Å²) in [6, 6.07) is 13.6. The number of hydrogen-bond acceptors (Lipinski definition) is 19. The number of hydrogen-bond donors (Lipinski definition) is 9. The second kappa shape index (κ2) is 34.5. The summed E-state index contributed by atoms with van der Waals surface area (Å²) in [7, 11) is -7.40. The lowest BCUT2D eigenvalue weighted by atomic mass is 9.92. The predicted octanol–water partition coefficient (Wildman–Crippen LogP) is 6.59. The minimum absolute atomic E-state index is 0.0167. The maximum atomic E-state index is 13.7. The highest BCUT2D eigenvalue weighted by Gasteiger charge is 2.30. The summed E-state index contributed by atoms with van der Waals surface area (Å²) >= 11 is 0. The number of nitrogens with zero attached hydrogens (tertiary/aromatic N) is 1. The molecule has 24 nitrogen and oxygen atoms in total. The molecule has 1 aliphatic carbocycles. The van der Waals surface area contributed by atoms with Gasteiger partial charge < -0.3 is 56.0 Å². The smallest absolute Gasteiger partial charge is 0.407 e. The third-order valence-corrected chi connectivity index (χ3v) is 17.1. The molecule has 0 radical (unpaired) electrons. The molecule has 5 atom stereocenters. The summed E-state index contributed by atoms with van der Waals surface area (Å²) in [5.74, 6) is -2.50. The molecule has 2 unspecified atom stereocenters. The summed E-state index contributed by atoms with van der Waals surface area (Å²) in [5, 5.41) is 33.9. The Bertz CT molecular complexity index is 3230. The van der Waals surface area contributed by atoms with Crippen LogP contribution < -0.4 is 36.0 Å². The van der Waals surface area contributed by atoms with Gasteiger partial charge in [0.15, 0.2) is 0 Å². The van der Waals surface area contributed by atoms with E-state index in [1.807, 2.05) is 18.2 Å². The molecule has 0 saturated carbocycles. The molecule has 3 aromatic rings. The first kappa shape index (κ1) is 72.2. The van der Waals surface area contributed by atoms with Crippen molar-refractivity contribution in [2.24, 2.45) is 16.8 Å². The van der Waals surface area contributed by atoms with Gasteiger partial charge in [-0.15, -0.1) is 0 Å². The minimum Gasteiger partial charge on any atom is -0.468 e. The van der Waals surface area contributed by atoms with Gasteiger partial charge in [0.1, 0.15) is 23.9 Å². The van der Waals surface area contributed by atoms with Crippen molar-refractivity contribution in [3.8, 4) is 11.1 Å². The number of allylic oxidation sites excluding steroid dienone is 2. The van der Waals surface area contributed by atoms with E-state index >= 15 is 0 Å². The standard InChI is InChI=1S/C63H89N9O15S2/c1-42-15-17-43(18-16-42)41-85-61(79)71-52(30-32-57(75)87-63(5,6)7)54(73)13-11-12-46(24-31-56(74)86-62(2,3)4)58(76)68-36-37-70-88(80,81)49-25-19-44(20-26-49)45-21-27-50(28-22-45)89(82,83)72-53(60(78)84-8)40-69-59(77)47-23-29-51(48(38-47)39-64)65-34-35-67-55-14-9-10-33-66-55/h15,17-23,25-29,38-39,42,46,52-54,64-65,70,72-73H,9-14,16,24,30-37,40-41H2,1-8H3,(H,66,67)(H,68,76)(H,69,77)(H,71,79)/t42?,46-,52-,53-,54?/m0/s1. The molecule has 0 aromatic heterocycles. The number of ether oxygens (including phenoxy) is 4. The average molecular weight is 1280 g/mol. The fourth-order valence-electron chi connectivity index (χ4n) is 9.46. The molecule has 5 rings (SSSR count). The Morgan fingerprint density at radius 3 is 1.98 bits per heavy atom. The second-order valence-electron chi connectivity index (χ2n) is 23.9. The van der Waals surface area contributed by atoms with Crippen molar-refractivity contribution in [1.29, 1.82) is 5.41 Å². The van der Waals surface area contributed by atoms with E-state index in [1.54, 1.807) is 53.7 Å². The Kier molecular flexibility index (Phi) is 28.0. The lowest BCUT2D eigenvalue weighted by molar-refractivity contribution is -0.156.